The molecule has 0 amide bonds. The topological polar surface area (TPSA) is 18.5 Å². The van der Waals surface area contributed by atoms with Crippen LogP contribution in [0, 0.1) is 0 Å². The van der Waals surface area contributed by atoms with Gasteiger partial charge < -0.3 is 9.16 Å². The molecular formula is C23H32Cl2O2Si. The Morgan fingerprint density at radius 3 is 1.64 bits per heavy atom. The first-order chi connectivity index (χ1) is 13.1. The van der Waals surface area contributed by atoms with Gasteiger partial charge in [-0.25, -0.2) is 0 Å². The van der Waals surface area contributed by atoms with Crippen LogP contribution in [0.15, 0.2) is 36.4 Å². The largest absolute Gasteiger partial charge is 0.543 e. The standard InChI is InChI=1S/C23H32Cl2O2Si/c1-15(2)28(16(3)4,17(5)6)27-20-13-22(24)21(23(25)14-20)12-18-8-10-19(26-7)11-9-18/h8-11,13-17H,12H2,1-7H3. The summed E-state index contributed by atoms with van der Waals surface area (Å²) in [5, 5.41) is 1.30. The molecule has 0 unspecified atom stereocenters. The van der Waals surface area contributed by atoms with E-state index in [0.29, 0.717) is 33.1 Å². The average molecular weight is 439 g/mol. The maximum absolute atomic E-state index is 6.74. The smallest absolute Gasteiger partial charge is 0.258 e. The van der Waals surface area contributed by atoms with Crippen molar-refractivity contribution < 1.29 is 9.16 Å². The van der Waals surface area contributed by atoms with E-state index in [2.05, 4.69) is 41.5 Å². The molecule has 0 bridgehead atoms. The van der Waals surface area contributed by atoms with Gasteiger partial charge in [0.15, 0.2) is 0 Å². The van der Waals surface area contributed by atoms with Crippen molar-refractivity contribution in [2.75, 3.05) is 7.11 Å². The highest BCUT2D eigenvalue weighted by Crippen LogP contribution is 2.44. The second-order valence-electron chi connectivity index (χ2n) is 8.31. The van der Waals surface area contributed by atoms with E-state index in [0.717, 1.165) is 22.6 Å². The number of hydrogen-bond donors (Lipinski definition) is 0. The summed E-state index contributed by atoms with van der Waals surface area (Å²) in [7, 11) is -0.385. The van der Waals surface area contributed by atoms with Gasteiger partial charge in [-0.2, -0.15) is 0 Å². The minimum absolute atomic E-state index is 0.490. The van der Waals surface area contributed by atoms with Crippen molar-refractivity contribution in [3.05, 3.63) is 57.6 Å². The molecule has 0 radical (unpaired) electrons. The number of benzene rings is 2. The molecule has 154 valence electrons. The van der Waals surface area contributed by atoms with Crippen molar-refractivity contribution >= 4 is 31.5 Å². The fourth-order valence-electron chi connectivity index (χ4n) is 4.31. The van der Waals surface area contributed by atoms with E-state index >= 15 is 0 Å². The Labute approximate surface area is 181 Å². The minimum Gasteiger partial charge on any atom is -0.543 e. The summed E-state index contributed by atoms with van der Waals surface area (Å²) in [6.07, 6.45) is 0.670. The summed E-state index contributed by atoms with van der Waals surface area (Å²) in [6, 6.07) is 11.8. The number of ether oxygens (including phenoxy) is 1. The van der Waals surface area contributed by atoms with Crippen molar-refractivity contribution in [3.8, 4) is 11.5 Å². The molecule has 2 rings (SSSR count). The summed E-state index contributed by atoms with van der Waals surface area (Å²) in [5.41, 5.74) is 3.53. The number of methoxy groups -OCH3 is 1. The molecule has 0 saturated heterocycles. The van der Waals surface area contributed by atoms with Gasteiger partial charge in [0, 0.05) is 16.5 Å². The van der Waals surface area contributed by atoms with Gasteiger partial charge in [0.2, 0.25) is 0 Å². The molecule has 5 heteroatoms. The quantitative estimate of drug-likeness (QED) is 0.386. The SMILES string of the molecule is COc1ccc(Cc2c(Cl)cc(O[Si](C(C)C)(C(C)C)C(C)C)cc2Cl)cc1. The first-order valence-corrected chi connectivity index (χ1v) is 12.8. The van der Waals surface area contributed by atoms with Gasteiger partial charge in [0.05, 0.1) is 7.11 Å². The lowest BCUT2D eigenvalue weighted by Crippen LogP contribution is -2.50. The Balaban J connectivity index is 2.34. The highest BCUT2D eigenvalue weighted by atomic mass is 35.5. The second-order valence-corrected chi connectivity index (χ2v) is 14.5. The molecule has 0 aliphatic heterocycles. The molecule has 0 aromatic heterocycles. The van der Waals surface area contributed by atoms with E-state index in [9.17, 15) is 0 Å². The van der Waals surface area contributed by atoms with E-state index in [4.69, 9.17) is 32.4 Å². The van der Waals surface area contributed by atoms with Crippen LogP contribution in [0.3, 0.4) is 0 Å². The molecule has 28 heavy (non-hydrogen) atoms. The molecule has 0 fully saturated rings. The zero-order chi connectivity index (χ0) is 21.1. The first-order valence-electron chi connectivity index (χ1n) is 9.91. The summed E-state index contributed by atoms with van der Waals surface area (Å²) in [5.74, 6) is 1.62. The molecule has 0 N–H and O–H groups in total. The van der Waals surface area contributed by atoms with Gasteiger partial charge in [-0.1, -0.05) is 76.9 Å². The Morgan fingerprint density at radius 2 is 1.25 bits per heavy atom. The molecule has 2 nitrogen and oxygen atoms in total. The van der Waals surface area contributed by atoms with Crippen LogP contribution in [0.2, 0.25) is 26.7 Å². The molecule has 0 heterocycles. The van der Waals surface area contributed by atoms with Crippen LogP contribution in [-0.2, 0) is 6.42 Å². The monoisotopic (exact) mass is 438 g/mol. The zero-order valence-corrected chi connectivity index (χ0v) is 20.5. The van der Waals surface area contributed by atoms with E-state index in [-0.39, 0.29) is 0 Å². The molecule has 2 aromatic carbocycles. The number of rotatable bonds is 8. The highest BCUT2D eigenvalue weighted by molar-refractivity contribution is 6.78. The predicted molar refractivity (Wildman–Crippen MR) is 124 cm³/mol. The van der Waals surface area contributed by atoms with Crippen LogP contribution < -0.4 is 9.16 Å². The van der Waals surface area contributed by atoms with Gasteiger partial charge in [0.1, 0.15) is 11.5 Å². The third-order valence-corrected chi connectivity index (χ3v) is 12.3. The van der Waals surface area contributed by atoms with Crippen LogP contribution in [0.1, 0.15) is 52.7 Å². The third kappa shape index (κ3) is 4.87. The minimum atomic E-state index is -2.05. The fourth-order valence-corrected chi connectivity index (χ4v) is 10.1. The summed E-state index contributed by atoms with van der Waals surface area (Å²) in [6.45, 7) is 13.6. The zero-order valence-electron chi connectivity index (χ0n) is 18.0. The van der Waals surface area contributed by atoms with E-state index in [1.165, 1.54) is 0 Å². The Morgan fingerprint density at radius 1 is 0.786 bits per heavy atom. The highest BCUT2D eigenvalue weighted by Gasteiger charge is 2.47. The molecule has 0 spiro atoms. The Bertz CT molecular complexity index is 741. The molecule has 0 aliphatic carbocycles. The molecule has 0 atom stereocenters. The van der Waals surface area contributed by atoms with Crippen LogP contribution in [0.4, 0.5) is 0 Å². The van der Waals surface area contributed by atoms with Gasteiger partial charge in [-0.15, -0.1) is 0 Å². The van der Waals surface area contributed by atoms with Gasteiger partial charge in [0.25, 0.3) is 8.32 Å². The van der Waals surface area contributed by atoms with Crippen molar-refractivity contribution in [1.82, 2.24) is 0 Å². The molecule has 0 saturated carbocycles. The lowest BCUT2D eigenvalue weighted by Gasteiger charge is -2.42. The van der Waals surface area contributed by atoms with Crippen LogP contribution >= 0.6 is 23.2 Å². The summed E-state index contributed by atoms with van der Waals surface area (Å²) >= 11 is 13.3. The van der Waals surface area contributed by atoms with Crippen molar-refractivity contribution in [1.29, 1.82) is 0 Å². The normalized spacial score (nSPS) is 12.1. The lowest BCUT2D eigenvalue weighted by molar-refractivity contribution is 0.414. The average Bonchev–Trinajstić information content (AvgIpc) is 2.62. The van der Waals surface area contributed by atoms with Crippen LogP contribution in [0.25, 0.3) is 0 Å². The first kappa shape index (κ1) is 23.1. The third-order valence-electron chi connectivity index (χ3n) is 5.66. The van der Waals surface area contributed by atoms with E-state index < -0.39 is 8.32 Å². The van der Waals surface area contributed by atoms with E-state index in [1.807, 2.05) is 36.4 Å². The lowest BCUT2D eigenvalue weighted by atomic mass is 10.0. The maximum Gasteiger partial charge on any atom is 0.258 e. The van der Waals surface area contributed by atoms with Crippen molar-refractivity contribution in [2.45, 2.75) is 64.6 Å². The second kappa shape index (κ2) is 9.56. The maximum atomic E-state index is 6.74. The van der Waals surface area contributed by atoms with Gasteiger partial charge in [-0.05, 0) is 52.0 Å². The number of hydrogen-bond acceptors (Lipinski definition) is 2. The van der Waals surface area contributed by atoms with Crippen LogP contribution in [0.5, 0.6) is 11.5 Å². The summed E-state index contributed by atoms with van der Waals surface area (Å²) in [4.78, 5) is 0. The molecular weight excluding hydrogens is 407 g/mol. The molecule has 2 aromatic rings. The van der Waals surface area contributed by atoms with E-state index in [1.54, 1.807) is 7.11 Å². The Kier molecular flexibility index (Phi) is 7.89. The predicted octanol–water partition coefficient (Wildman–Crippen LogP) is 8.15. The van der Waals surface area contributed by atoms with Gasteiger partial charge in [-0.3, -0.25) is 0 Å². The van der Waals surface area contributed by atoms with Gasteiger partial charge >= 0.3 is 0 Å². The van der Waals surface area contributed by atoms with Crippen molar-refractivity contribution in [2.24, 2.45) is 0 Å². The molecule has 0 aliphatic rings. The summed E-state index contributed by atoms with van der Waals surface area (Å²) < 4.78 is 12.0. The van der Waals surface area contributed by atoms with Crippen LogP contribution in [-0.4, -0.2) is 15.4 Å². The Hall–Kier alpha value is -1.16. The number of halogens is 2. The fraction of sp³-hybridized carbons (Fsp3) is 0.478. The van der Waals surface area contributed by atoms with Crippen molar-refractivity contribution in [3.63, 3.8) is 0 Å².